The van der Waals surface area contributed by atoms with Crippen molar-refractivity contribution in [3.63, 3.8) is 0 Å². The maximum Gasteiger partial charge on any atom is 0.336 e. The first-order chi connectivity index (χ1) is 10.6. The minimum absolute atomic E-state index is 0.353. The molecule has 0 aliphatic rings. The summed E-state index contributed by atoms with van der Waals surface area (Å²) in [5.74, 6) is 0. The van der Waals surface area contributed by atoms with Gasteiger partial charge in [-0.1, -0.05) is 30.3 Å². The molecule has 0 aliphatic carbocycles. The third kappa shape index (κ3) is 1.79. The van der Waals surface area contributed by atoms with Crippen molar-refractivity contribution in [1.29, 1.82) is 0 Å². The van der Waals surface area contributed by atoms with E-state index in [9.17, 15) is 4.79 Å². The summed E-state index contributed by atoms with van der Waals surface area (Å²) in [5.41, 5.74) is 4.92. The van der Waals surface area contributed by atoms with Crippen LogP contribution in [-0.2, 0) is 0 Å². The summed E-state index contributed by atoms with van der Waals surface area (Å²) in [5, 5.41) is 1.93. The Kier molecular flexibility index (Phi) is 2.70. The van der Waals surface area contributed by atoms with Crippen LogP contribution < -0.4 is 5.63 Å². The smallest absolute Gasteiger partial charge is 0.336 e. The first-order valence-corrected chi connectivity index (χ1v) is 7.16. The van der Waals surface area contributed by atoms with E-state index >= 15 is 0 Å². The van der Waals surface area contributed by atoms with E-state index in [4.69, 9.17) is 8.83 Å². The van der Waals surface area contributed by atoms with Gasteiger partial charge in [0, 0.05) is 17.0 Å². The zero-order chi connectivity index (χ0) is 15.3. The highest BCUT2D eigenvalue weighted by molar-refractivity contribution is 6.11. The molecule has 2 heterocycles. The van der Waals surface area contributed by atoms with Gasteiger partial charge in [0.15, 0.2) is 0 Å². The number of rotatable bonds is 1. The fourth-order valence-corrected chi connectivity index (χ4v) is 3.08. The quantitative estimate of drug-likeness (QED) is 0.472. The topological polar surface area (TPSA) is 43.4 Å². The molecule has 0 radical (unpaired) electrons. The van der Waals surface area contributed by atoms with E-state index in [0.717, 1.165) is 38.6 Å². The van der Waals surface area contributed by atoms with E-state index < -0.39 is 0 Å². The second-order valence-corrected chi connectivity index (χ2v) is 5.53. The highest BCUT2D eigenvalue weighted by Crippen LogP contribution is 2.36. The average Bonchev–Trinajstić information content (AvgIpc) is 2.90. The standard InChI is InChI=1S/C19H14O3/c1-11-8-15-18(19-17(11)12(2)10-21-19)14(9-16(20)22-15)13-6-4-3-5-7-13/h3-10H,1-2H3. The molecular weight excluding hydrogens is 276 g/mol. The molecule has 2 aromatic carbocycles. The van der Waals surface area contributed by atoms with Crippen molar-refractivity contribution in [3.8, 4) is 11.1 Å². The van der Waals surface area contributed by atoms with Crippen molar-refractivity contribution in [1.82, 2.24) is 0 Å². The number of fused-ring (bicyclic) bond motifs is 3. The molecule has 0 aliphatic heterocycles. The van der Waals surface area contributed by atoms with Crippen LogP contribution in [0.5, 0.6) is 0 Å². The van der Waals surface area contributed by atoms with Crippen LogP contribution in [-0.4, -0.2) is 0 Å². The molecule has 108 valence electrons. The van der Waals surface area contributed by atoms with E-state index in [-0.39, 0.29) is 5.63 Å². The van der Waals surface area contributed by atoms with E-state index in [1.54, 1.807) is 6.26 Å². The van der Waals surface area contributed by atoms with E-state index in [1.807, 2.05) is 50.2 Å². The first-order valence-electron chi connectivity index (χ1n) is 7.16. The SMILES string of the molecule is Cc1coc2c1c(C)cc1oc(=O)cc(-c3ccccc3)c12. The molecule has 3 nitrogen and oxygen atoms in total. The molecule has 0 N–H and O–H groups in total. The Morgan fingerprint density at radius 3 is 2.45 bits per heavy atom. The van der Waals surface area contributed by atoms with Crippen molar-refractivity contribution in [2.24, 2.45) is 0 Å². The van der Waals surface area contributed by atoms with Gasteiger partial charge in [0.25, 0.3) is 0 Å². The summed E-state index contributed by atoms with van der Waals surface area (Å²) in [6, 6.07) is 13.3. The molecule has 0 amide bonds. The van der Waals surface area contributed by atoms with Gasteiger partial charge in [-0.25, -0.2) is 4.79 Å². The van der Waals surface area contributed by atoms with Crippen LogP contribution in [0.15, 0.2) is 62.4 Å². The van der Waals surface area contributed by atoms with Crippen molar-refractivity contribution in [2.75, 3.05) is 0 Å². The minimum atomic E-state index is -0.353. The van der Waals surface area contributed by atoms with Crippen LogP contribution >= 0.6 is 0 Å². The maximum atomic E-state index is 11.9. The van der Waals surface area contributed by atoms with Crippen molar-refractivity contribution >= 4 is 21.9 Å². The Morgan fingerprint density at radius 2 is 1.68 bits per heavy atom. The molecule has 0 unspecified atom stereocenters. The summed E-state index contributed by atoms with van der Waals surface area (Å²) in [7, 11) is 0. The molecule has 0 bridgehead atoms. The van der Waals surface area contributed by atoms with Crippen LogP contribution in [0.4, 0.5) is 0 Å². The number of hydrogen-bond acceptors (Lipinski definition) is 3. The predicted molar refractivity (Wildman–Crippen MR) is 87.2 cm³/mol. The van der Waals surface area contributed by atoms with Crippen LogP contribution in [0.2, 0.25) is 0 Å². The van der Waals surface area contributed by atoms with Gasteiger partial charge in [-0.3, -0.25) is 0 Å². The Balaban J connectivity index is 2.26. The monoisotopic (exact) mass is 290 g/mol. The summed E-state index contributed by atoms with van der Waals surface area (Å²) < 4.78 is 11.2. The summed E-state index contributed by atoms with van der Waals surface area (Å²) in [4.78, 5) is 11.9. The Hall–Kier alpha value is -2.81. The second-order valence-electron chi connectivity index (χ2n) is 5.53. The average molecular weight is 290 g/mol. The second kappa shape index (κ2) is 4.60. The van der Waals surface area contributed by atoms with E-state index in [1.165, 1.54) is 6.07 Å². The lowest BCUT2D eigenvalue weighted by atomic mass is 9.98. The maximum absolute atomic E-state index is 11.9. The zero-order valence-corrected chi connectivity index (χ0v) is 12.3. The number of aryl methyl sites for hydroxylation is 2. The van der Waals surface area contributed by atoms with Gasteiger partial charge in [-0.05, 0) is 36.6 Å². The molecule has 4 aromatic rings. The van der Waals surface area contributed by atoms with Gasteiger partial charge < -0.3 is 8.83 Å². The molecule has 4 rings (SSSR count). The Bertz CT molecular complexity index is 1050. The van der Waals surface area contributed by atoms with Crippen LogP contribution in [0, 0.1) is 13.8 Å². The first kappa shape index (κ1) is 12.9. The Labute approximate surface area is 126 Å². The summed E-state index contributed by atoms with van der Waals surface area (Å²) >= 11 is 0. The third-order valence-electron chi connectivity index (χ3n) is 4.02. The number of furan rings is 1. The van der Waals surface area contributed by atoms with Gasteiger partial charge in [-0.2, -0.15) is 0 Å². The zero-order valence-electron chi connectivity index (χ0n) is 12.3. The highest BCUT2D eigenvalue weighted by Gasteiger charge is 2.16. The predicted octanol–water partition coefficient (Wildman–Crippen LogP) is 4.82. The van der Waals surface area contributed by atoms with E-state index in [0.29, 0.717) is 5.58 Å². The van der Waals surface area contributed by atoms with Crippen LogP contribution in [0.25, 0.3) is 33.1 Å². The molecular formula is C19H14O3. The molecule has 0 fully saturated rings. The van der Waals surface area contributed by atoms with Gasteiger partial charge in [-0.15, -0.1) is 0 Å². The van der Waals surface area contributed by atoms with Crippen molar-refractivity contribution in [2.45, 2.75) is 13.8 Å². The van der Waals surface area contributed by atoms with Crippen molar-refractivity contribution < 1.29 is 8.83 Å². The molecule has 0 saturated heterocycles. The van der Waals surface area contributed by atoms with Gasteiger partial charge in [0.05, 0.1) is 11.6 Å². The third-order valence-corrected chi connectivity index (χ3v) is 4.02. The lowest BCUT2D eigenvalue weighted by Crippen LogP contribution is -1.98. The number of benzene rings is 2. The molecule has 3 heteroatoms. The van der Waals surface area contributed by atoms with Gasteiger partial charge in [0.2, 0.25) is 0 Å². The van der Waals surface area contributed by atoms with Gasteiger partial charge in [0.1, 0.15) is 11.2 Å². The Morgan fingerprint density at radius 1 is 0.909 bits per heavy atom. The normalized spacial score (nSPS) is 11.4. The lowest BCUT2D eigenvalue weighted by molar-refractivity contribution is 0.560. The fourth-order valence-electron chi connectivity index (χ4n) is 3.08. The van der Waals surface area contributed by atoms with Crippen LogP contribution in [0.3, 0.4) is 0 Å². The molecule has 0 saturated carbocycles. The summed E-state index contributed by atoms with van der Waals surface area (Å²) in [6.07, 6.45) is 1.75. The largest absolute Gasteiger partial charge is 0.463 e. The van der Waals surface area contributed by atoms with Gasteiger partial charge >= 0.3 is 5.63 Å². The molecule has 2 aromatic heterocycles. The fraction of sp³-hybridized carbons (Fsp3) is 0.105. The molecule has 0 atom stereocenters. The minimum Gasteiger partial charge on any atom is -0.463 e. The van der Waals surface area contributed by atoms with E-state index in [2.05, 4.69) is 0 Å². The summed E-state index contributed by atoms with van der Waals surface area (Å²) in [6.45, 7) is 4.02. The van der Waals surface area contributed by atoms with Crippen molar-refractivity contribution in [3.05, 3.63) is 70.3 Å². The number of hydrogen-bond donors (Lipinski definition) is 0. The highest BCUT2D eigenvalue weighted by atomic mass is 16.4. The molecule has 0 spiro atoms. The lowest BCUT2D eigenvalue weighted by Gasteiger charge is -2.08. The molecule has 22 heavy (non-hydrogen) atoms. The van der Waals surface area contributed by atoms with Crippen LogP contribution in [0.1, 0.15) is 11.1 Å².